The van der Waals surface area contributed by atoms with Crippen LogP contribution in [0.4, 0.5) is 0 Å². The van der Waals surface area contributed by atoms with Gasteiger partial charge in [-0.25, -0.2) is 0 Å². The van der Waals surface area contributed by atoms with Gasteiger partial charge in [0, 0.05) is 17.1 Å². The Balaban J connectivity index is -0.0000000105. The quantitative estimate of drug-likeness (QED) is 0.303. The molecule has 0 aliphatic heterocycles. The van der Waals surface area contributed by atoms with Crippen molar-refractivity contribution >= 4 is 22.7 Å². The molecule has 0 heterocycles. The Morgan fingerprint density at radius 1 is 0.533 bits per heavy atom. The van der Waals surface area contributed by atoms with Crippen LogP contribution in [0.1, 0.15) is 0 Å². The molecule has 82 valence electrons. The molecule has 0 bridgehead atoms. The topological polar surface area (TPSA) is 99.5 Å². The molecule has 0 aromatic heterocycles. The Morgan fingerprint density at radius 3 is 0.533 bits per heavy atom. The van der Waals surface area contributed by atoms with Gasteiger partial charge in [-0.05, 0) is 0 Å². The van der Waals surface area contributed by atoms with Crippen molar-refractivity contribution in [3.05, 3.63) is 33.3 Å². The predicted octanol–water partition coefficient (Wildman–Crippen LogP) is 1.18. The zero-order valence-electron chi connectivity index (χ0n) is 8.42. The van der Waals surface area contributed by atoms with Crippen LogP contribution in [0.3, 0.4) is 0 Å². The molecule has 0 spiro atoms. The van der Waals surface area contributed by atoms with Crippen LogP contribution >= 0.6 is 0 Å². The zero-order chi connectivity index (χ0) is 13.6. The summed E-state index contributed by atoms with van der Waals surface area (Å²) in [5, 5.41) is 0. The molecule has 0 aromatic carbocycles. The van der Waals surface area contributed by atoms with Crippen LogP contribution in [0, 0.1) is 33.3 Å². The standard InChI is InChI=1S/5CO.3CH3.Mn.Pb/c5*1-2;;;;;/h;;;;;3*1H3;;. The second-order valence-corrected chi connectivity index (χ2v) is 13.2. The Hall–Kier alpha value is 0.142. The molecule has 0 saturated carbocycles. The fourth-order valence-electron chi connectivity index (χ4n) is 0. The van der Waals surface area contributed by atoms with Crippen molar-refractivity contribution in [2.75, 3.05) is 0 Å². The average molecular weight is 447 g/mol. The molecule has 0 rings (SSSR count). The van der Waals surface area contributed by atoms with Crippen LogP contribution in [0.5, 0.6) is 0 Å². The van der Waals surface area contributed by atoms with Crippen molar-refractivity contribution in [2.45, 2.75) is 13.4 Å². The van der Waals surface area contributed by atoms with Gasteiger partial charge in [0.15, 0.2) is 0 Å². The van der Waals surface area contributed by atoms with Gasteiger partial charge in [0.1, 0.15) is 0 Å². The van der Waals surface area contributed by atoms with Crippen LogP contribution in [-0.4, -0.2) is 22.7 Å². The fraction of sp³-hybridized carbons (Fsp3) is 0.375. The molecule has 0 aliphatic carbocycles. The summed E-state index contributed by atoms with van der Waals surface area (Å²) in [7, 11) is 0. The Kier molecular flexibility index (Phi) is 754. The van der Waals surface area contributed by atoms with Gasteiger partial charge in [0.25, 0.3) is 0 Å². The van der Waals surface area contributed by atoms with E-state index >= 15 is 0 Å². The van der Waals surface area contributed by atoms with Crippen molar-refractivity contribution in [1.82, 2.24) is 0 Å². The second kappa shape index (κ2) is 247. The molecule has 0 aromatic rings. The maximum atomic E-state index is 7.50. The minimum atomic E-state index is -0.657. The first kappa shape index (κ1) is 45.7. The van der Waals surface area contributed by atoms with Crippen LogP contribution < -0.4 is 0 Å². The van der Waals surface area contributed by atoms with E-state index in [1.165, 1.54) is 0 Å². The molecule has 0 amide bonds. The third-order valence-corrected chi connectivity index (χ3v) is 0. The minimum absolute atomic E-state index is 0. The number of hydrogen-bond acceptors (Lipinski definition) is 0. The van der Waals surface area contributed by atoms with Gasteiger partial charge in [-0.1, -0.05) is 0 Å². The first-order valence-corrected chi connectivity index (χ1v) is 14.2. The van der Waals surface area contributed by atoms with Gasteiger partial charge in [-0.15, -0.1) is 0 Å². The summed E-state index contributed by atoms with van der Waals surface area (Å²) in [4.78, 5) is 0. The van der Waals surface area contributed by atoms with Gasteiger partial charge < -0.3 is 0 Å². The molecule has 15 heavy (non-hydrogen) atoms. The van der Waals surface area contributed by atoms with Gasteiger partial charge in [0.05, 0.1) is 0 Å². The molecule has 2 radical (unpaired) electrons. The summed E-state index contributed by atoms with van der Waals surface area (Å²) in [5.41, 5.74) is 0. The van der Waals surface area contributed by atoms with Crippen LogP contribution in [0.25, 0.3) is 0 Å². The van der Waals surface area contributed by atoms with Gasteiger partial charge in [-0.3, -0.25) is 0 Å². The average Bonchev–Trinajstić information content (AvgIpc) is 2.30. The van der Waals surface area contributed by atoms with Crippen LogP contribution in [0.15, 0.2) is 0 Å². The van der Waals surface area contributed by atoms with Crippen molar-refractivity contribution < 1.29 is 40.3 Å². The third-order valence-electron chi connectivity index (χ3n) is 0. The first-order valence-electron chi connectivity index (χ1n) is 2.52. The maximum absolute atomic E-state index is 7.50. The van der Waals surface area contributed by atoms with Crippen LogP contribution in [0.2, 0.25) is 13.4 Å². The molecule has 0 aliphatic rings. The van der Waals surface area contributed by atoms with E-state index in [0.29, 0.717) is 0 Å². The molecule has 0 N–H and O–H groups in total. The minimum Gasteiger partial charge on any atom is 0 e. The largest absolute Gasteiger partial charge is 0 e. The van der Waals surface area contributed by atoms with Gasteiger partial charge in [0.2, 0.25) is 0 Å². The van der Waals surface area contributed by atoms with Crippen molar-refractivity contribution in [3.8, 4) is 0 Å². The summed E-state index contributed by atoms with van der Waals surface area (Å²) in [6.45, 7) is 22.5. The summed E-state index contributed by atoms with van der Waals surface area (Å²) in [6, 6.07) is 0. The Bertz CT molecular complexity index is 110. The van der Waals surface area contributed by atoms with Crippen LogP contribution in [-0.2, 0) is 40.3 Å². The maximum Gasteiger partial charge on any atom is 0 e. The normalized spacial score (nSPS) is 3.07. The molecule has 5 nitrogen and oxygen atoms in total. The zero-order valence-corrected chi connectivity index (χ0v) is 13.5. The van der Waals surface area contributed by atoms with E-state index < -0.39 is 22.7 Å². The Labute approximate surface area is 109 Å². The fourth-order valence-corrected chi connectivity index (χ4v) is 0. The van der Waals surface area contributed by atoms with E-state index in [-0.39, 0.29) is 17.1 Å². The van der Waals surface area contributed by atoms with E-state index in [1.54, 1.807) is 0 Å². The van der Waals surface area contributed by atoms with Crippen molar-refractivity contribution in [3.63, 3.8) is 0 Å². The summed E-state index contributed by atoms with van der Waals surface area (Å²) >= 11 is -0.657. The molecule has 0 fully saturated rings. The monoisotopic (exact) mass is 448 g/mol. The van der Waals surface area contributed by atoms with Gasteiger partial charge in [-0.2, -0.15) is 0 Å². The predicted molar refractivity (Wildman–Crippen MR) is 43.0 cm³/mol. The third kappa shape index (κ3) is 104000. The smallest absolute Gasteiger partial charge is 0 e. The number of hydrogen-bond donors (Lipinski definition) is 0. The molecule has 0 unspecified atom stereocenters. The van der Waals surface area contributed by atoms with E-state index in [0.717, 1.165) is 0 Å². The molecular formula is C8H9MnO5Pb. The van der Waals surface area contributed by atoms with Crippen molar-refractivity contribution in [1.29, 1.82) is 0 Å². The molecule has 0 atom stereocenters. The molecule has 0 saturated heterocycles. The second-order valence-electron chi connectivity index (χ2n) is 1.50. The summed E-state index contributed by atoms with van der Waals surface area (Å²) in [5.74, 6) is 0. The van der Waals surface area contributed by atoms with Crippen molar-refractivity contribution in [2.24, 2.45) is 0 Å². The van der Waals surface area contributed by atoms with E-state index in [4.69, 9.17) is 23.3 Å². The molecular weight excluding hydrogens is 438 g/mol. The molecule has 7 heteroatoms. The summed E-state index contributed by atoms with van der Waals surface area (Å²) < 4.78 is 44.6. The van der Waals surface area contributed by atoms with E-state index in [1.807, 2.05) is 0 Å². The first-order chi connectivity index (χ1) is 6.73. The van der Waals surface area contributed by atoms with E-state index in [9.17, 15) is 0 Å². The summed E-state index contributed by atoms with van der Waals surface area (Å²) in [6.07, 6.45) is 0. The Morgan fingerprint density at radius 2 is 0.533 bits per heavy atom. The number of rotatable bonds is 0. The SMILES string of the molecule is [C-]#[O+].[C-]#[O+].[C-]#[O+].[C-]#[O+].[C-]#[O+].[CH3][Pb]([CH3])[CH3].[Mn]. The van der Waals surface area contributed by atoms with E-state index in [2.05, 4.69) is 46.7 Å². The van der Waals surface area contributed by atoms with Gasteiger partial charge >= 0.3 is 92.7 Å².